The van der Waals surface area contributed by atoms with Gasteiger partial charge in [0.05, 0.1) is 12.5 Å². The zero-order valence-corrected chi connectivity index (χ0v) is 15.4. The first-order valence-corrected chi connectivity index (χ1v) is 10.5. The first-order valence-electron chi connectivity index (χ1n) is 8.69. The van der Waals surface area contributed by atoms with E-state index in [1.165, 1.54) is 16.8 Å². The zero-order chi connectivity index (χ0) is 18.3. The van der Waals surface area contributed by atoms with Crippen molar-refractivity contribution in [3.8, 4) is 11.3 Å². The van der Waals surface area contributed by atoms with Gasteiger partial charge in [-0.25, -0.2) is 8.42 Å². The third kappa shape index (κ3) is 3.14. The summed E-state index contributed by atoms with van der Waals surface area (Å²) in [5.74, 6) is 0.471. The molecule has 0 radical (unpaired) electrons. The van der Waals surface area contributed by atoms with Gasteiger partial charge in [0.15, 0.2) is 5.76 Å². The molecule has 138 valence electrons. The van der Waals surface area contributed by atoms with E-state index in [-0.39, 0.29) is 17.9 Å². The SMILES string of the molecule is CS(=O)(=O)N1C[C@@H]2CC[C@H](C1)N(C(=O)c1cnoc1-c1ccccc1)C2. The van der Waals surface area contributed by atoms with E-state index in [2.05, 4.69) is 5.16 Å². The smallest absolute Gasteiger partial charge is 0.259 e. The van der Waals surface area contributed by atoms with E-state index >= 15 is 0 Å². The van der Waals surface area contributed by atoms with E-state index in [0.29, 0.717) is 31.0 Å². The highest BCUT2D eigenvalue weighted by Crippen LogP contribution is 2.32. The molecule has 0 unspecified atom stereocenters. The van der Waals surface area contributed by atoms with Crippen molar-refractivity contribution >= 4 is 15.9 Å². The average Bonchev–Trinajstić information content (AvgIpc) is 2.92. The van der Waals surface area contributed by atoms with Gasteiger partial charge in [0.2, 0.25) is 10.0 Å². The summed E-state index contributed by atoms with van der Waals surface area (Å²) in [4.78, 5) is 15.0. The van der Waals surface area contributed by atoms with E-state index in [1.807, 2.05) is 30.3 Å². The molecule has 3 aliphatic heterocycles. The molecule has 0 aliphatic carbocycles. The van der Waals surface area contributed by atoms with Crippen LogP contribution in [0.2, 0.25) is 0 Å². The Morgan fingerprint density at radius 1 is 1.15 bits per heavy atom. The standard InChI is InChI=1S/C18H21N3O4S/c1-26(23,24)20-10-13-7-8-15(12-20)21(11-13)18(22)16-9-19-25-17(16)14-5-3-2-4-6-14/h2-6,9,13,15H,7-8,10-12H2,1H3/t13-,15+/m0/s1. The Morgan fingerprint density at radius 3 is 2.65 bits per heavy atom. The quantitative estimate of drug-likeness (QED) is 0.817. The fourth-order valence-electron chi connectivity index (χ4n) is 3.90. The van der Waals surface area contributed by atoms with Crippen LogP contribution in [-0.4, -0.2) is 60.6 Å². The number of carbonyl (C=O) groups is 1. The van der Waals surface area contributed by atoms with Crippen molar-refractivity contribution in [1.82, 2.24) is 14.4 Å². The van der Waals surface area contributed by atoms with Gasteiger partial charge in [0.1, 0.15) is 5.56 Å². The van der Waals surface area contributed by atoms with Gasteiger partial charge in [-0.05, 0) is 18.8 Å². The first-order chi connectivity index (χ1) is 12.4. The highest BCUT2D eigenvalue weighted by atomic mass is 32.2. The lowest BCUT2D eigenvalue weighted by Crippen LogP contribution is -2.47. The highest BCUT2D eigenvalue weighted by Gasteiger charge is 2.40. The Kier molecular flexibility index (Phi) is 4.32. The van der Waals surface area contributed by atoms with Crippen molar-refractivity contribution in [1.29, 1.82) is 0 Å². The van der Waals surface area contributed by atoms with Gasteiger partial charge in [0.25, 0.3) is 5.91 Å². The molecule has 1 amide bonds. The largest absolute Gasteiger partial charge is 0.355 e. The molecule has 26 heavy (non-hydrogen) atoms. The summed E-state index contributed by atoms with van der Waals surface area (Å²) >= 11 is 0. The van der Waals surface area contributed by atoms with Crippen molar-refractivity contribution in [2.45, 2.75) is 18.9 Å². The average molecular weight is 375 g/mol. The number of hydrogen-bond donors (Lipinski definition) is 0. The van der Waals surface area contributed by atoms with Crippen molar-refractivity contribution in [3.63, 3.8) is 0 Å². The van der Waals surface area contributed by atoms with Crippen LogP contribution in [0.4, 0.5) is 0 Å². The minimum absolute atomic E-state index is 0.116. The number of rotatable bonds is 3. The van der Waals surface area contributed by atoms with Crippen molar-refractivity contribution in [2.75, 3.05) is 25.9 Å². The van der Waals surface area contributed by atoms with Crippen LogP contribution >= 0.6 is 0 Å². The van der Waals surface area contributed by atoms with E-state index in [9.17, 15) is 13.2 Å². The Labute approximate surface area is 152 Å². The van der Waals surface area contributed by atoms with Crippen LogP contribution < -0.4 is 0 Å². The molecule has 0 saturated carbocycles. The van der Waals surface area contributed by atoms with E-state index in [0.717, 1.165) is 18.4 Å². The molecule has 1 aromatic heterocycles. The Morgan fingerprint density at radius 2 is 1.92 bits per heavy atom. The maximum atomic E-state index is 13.2. The van der Waals surface area contributed by atoms with Gasteiger partial charge in [0, 0.05) is 31.2 Å². The van der Waals surface area contributed by atoms with E-state index in [1.54, 1.807) is 4.90 Å². The minimum Gasteiger partial charge on any atom is -0.355 e. The molecule has 2 aromatic rings. The zero-order valence-electron chi connectivity index (χ0n) is 14.5. The summed E-state index contributed by atoms with van der Waals surface area (Å²) in [5, 5.41) is 3.83. The second-order valence-electron chi connectivity index (χ2n) is 7.07. The summed E-state index contributed by atoms with van der Waals surface area (Å²) in [5.41, 5.74) is 1.22. The van der Waals surface area contributed by atoms with Crippen LogP contribution in [0.15, 0.2) is 41.1 Å². The minimum atomic E-state index is -3.26. The topological polar surface area (TPSA) is 83.7 Å². The van der Waals surface area contributed by atoms with Crippen LogP contribution in [-0.2, 0) is 10.0 Å². The summed E-state index contributed by atoms with van der Waals surface area (Å²) < 4.78 is 30.9. The number of fused-ring (bicyclic) bond motifs is 4. The van der Waals surface area contributed by atoms with Gasteiger partial charge in [-0.2, -0.15) is 4.31 Å². The van der Waals surface area contributed by atoms with Gasteiger partial charge in [-0.15, -0.1) is 0 Å². The fourth-order valence-corrected chi connectivity index (χ4v) is 4.83. The summed E-state index contributed by atoms with van der Waals surface area (Å²) in [6, 6.07) is 9.28. The molecule has 0 N–H and O–H groups in total. The van der Waals surface area contributed by atoms with Crippen LogP contribution in [0.25, 0.3) is 11.3 Å². The van der Waals surface area contributed by atoms with Crippen molar-refractivity contribution in [2.24, 2.45) is 5.92 Å². The van der Waals surface area contributed by atoms with E-state index in [4.69, 9.17) is 4.52 Å². The Hall–Kier alpha value is -2.19. The molecular formula is C18H21N3O4S. The maximum absolute atomic E-state index is 13.2. The third-order valence-electron chi connectivity index (χ3n) is 5.25. The van der Waals surface area contributed by atoms with Crippen LogP contribution in [0.5, 0.6) is 0 Å². The van der Waals surface area contributed by atoms with Gasteiger partial charge >= 0.3 is 0 Å². The normalized spacial score (nSPS) is 23.8. The monoisotopic (exact) mass is 375 g/mol. The molecular weight excluding hydrogens is 354 g/mol. The molecule has 0 spiro atoms. The first kappa shape index (κ1) is 17.2. The number of nitrogens with zero attached hydrogens (tertiary/aromatic N) is 3. The molecule has 3 aliphatic rings. The maximum Gasteiger partial charge on any atom is 0.259 e. The number of aromatic nitrogens is 1. The second-order valence-corrected chi connectivity index (χ2v) is 9.05. The lowest BCUT2D eigenvalue weighted by molar-refractivity contribution is 0.0589. The molecule has 4 heterocycles. The molecule has 7 nitrogen and oxygen atoms in total. The number of benzene rings is 1. The Balaban J connectivity index is 1.63. The summed E-state index contributed by atoms with van der Waals surface area (Å²) in [6.07, 6.45) is 4.44. The number of amides is 1. The van der Waals surface area contributed by atoms with Crippen LogP contribution in [0.3, 0.4) is 0 Å². The number of hydrogen-bond acceptors (Lipinski definition) is 5. The lowest BCUT2D eigenvalue weighted by Gasteiger charge is -2.36. The molecule has 1 aromatic carbocycles. The van der Waals surface area contributed by atoms with Gasteiger partial charge in [-0.3, -0.25) is 4.79 Å². The van der Waals surface area contributed by atoms with Crippen LogP contribution in [0, 0.1) is 5.92 Å². The molecule has 5 rings (SSSR count). The number of carbonyl (C=O) groups excluding carboxylic acids is 1. The Bertz CT molecular complexity index is 910. The highest BCUT2D eigenvalue weighted by molar-refractivity contribution is 7.88. The van der Waals surface area contributed by atoms with Crippen LogP contribution in [0.1, 0.15) is 23.2 Å². The van der Waals surface area contributed by atoms with Crippen molar-refractivity contribution < 1.29 is 17.7 Å². The van der Waals surface area contributed by atoms with Crippen molar-refractivity contribution in [3.05, 3.63) is 42.1 Å². The lowest BCUT2D eigenvalue weighted by atomic mass is 9.94. The molecule has 3 fully saturated rings. The van der Waals surface area contributed by atoms with Gasteiger partial charge in [-0.1, -0.05) is 35.5 Å². The number of sulfonamides is 1. The van der Waals surface area contributed by atoms with E-state index < -0.39 is 10.0 Å². The third-order valence-corrected chi connectivity index (χ3v) is 6.48. The van der Waals surface area contributed by atoms with Gasteiger partial charge < -0.3 is 9.42 Å². The summed E-state index contributed by atoms with van der Waals surface area (Å²) in [7, 11) is -3.26. The summed E-state index contributed by atoms with van der Waals surface area (Å²) in [6.45, 7) is 1.40. The second kappa shape index (κ2) is 6.51. The molecule has 3 saturated heterocycles. The molecule has 2 bridgehead atoms. The molecule has 8 heteroatoms. The predicted molar refractivity (Wildman–Crippen MR) is 95.9 cm³/mol. The number of piperidine rings is 1. The predicted octanol–water partition coefficient (Wildman–Crippen LogP) is 1.84. The molecule has 2 atom stereocenters. The fraction of sp³-hybridized carbons (Fsp3) is 0.444.